The molecule has 0 fully saturated rings. The van der Waals surface area contributed by atoms with Crippen molar-refractivity contribution in [1.82, 2.24) is 4.90 Å². The lowest BCUT2D eigenvalue weighted by molar-refractivity contribution is -0.384. The molecule has 0 saturated carbocycles. The summed E-state index contributed by atoms with van der Waals surface area (Å²) >= 11 is 1.44. The Labute approximate surface area is 189 Å². The van der Waals surface area contributed by atoms with Crippen molar-refractivity contribution in [2.45, 2.75) is 19.5 Å². The van der Waals surface area contributed by atoms with E-state index in [0.29, 0.717) is 16.1 Å². The summed E-state index contributed by atoms with van der Waals surface area (Å²) in [6, 6.07) is 18.5. The summed E-state index contributed by atoms with van der Waals surface area (Å²) in [6.07, 6.45) is 3.60. The van der Waals surface area contributed by atoms with E-state index < -0.39 is 4.92 Å². The van der Waals surface area contributed by atoms with Gasteiger partial charge in [0.05, 0.1) is 10.5 Å². The first-order valence-electron chi connectivity index (χ1n) is 10.1. The van der Waals surface area contributed by atoms with Gasteiger partial charge in [0.15, 0.2) is 0 Å². The van der Waals surface area contributed by atoms with E-state index in [1.165, 1.54) is 41.2 Å². The minimum Gasteiger partial charge on any atom is -0.313 e. The van der Waals surface area contributed by atoms with Gasteiger partial charge in [-0.05, 0) is 29.2 Å². The number of carbonyl (C=O) groups excluding carboxylic acids is 1. The summed E-state index contributed by atoms with van der Waals surface area (Å²) in [5, 5.41) is 23.9. The van der Waals surface area contributed by atoms with E-state index in [4.69, 9.17) is 0 Å². The zero-order valence-electron chi connectivity index (χ0n) is 17.2. The number of nitriles is 1. The van der Waals surface area contributed by atoms with Crippen molar-refractivity contribution >= 4 is 34.0 Å². The minimum atomic E-state index is -0.478. The number of thiophene rings is 1. The molecule has 32 heavy (non-hydrogen) atoms. The molecule has 1 aliphatic rings. The highest BCUT2D eigenvalue weighted by Crippen LogP contribution is 2.37. The maximum absolute atomic E-state index is 12.4. The molecule has 0 radical (unpaired) electrons. The number of nitro benzene ring substituents is 1. The highest BCUT2D eigenvalue weighted by atomic mass is 32.1. The molecule has 0 saturated heterocycles. The Morgan fingerprint density at radius 2 is 2.06 bits per heavy atom. The Bertz CT molecular complexity index is 1230. The van der Waals surface area contributed by atoms with Crippen molar-refractivity contribution in [2.75, 3.05) is 11.9 Å². The fourth-order valence-electron chi connectivity index (χ4n) is 3.71. The molecular weight excluding hydrogens is 424 g/mol. The van der Waals surface area contributed by atoms with Gasteiger partial charge < -0.3 is 5.32 Å². The Kier molecular flexibility index (Phi) is 6.40. The predicted molar refractivity (Wildman–Crippen MR) is 124 cm³/mol. The second kappa shape index (κ2) is 9.56. The van der Waals surface area contributed by atoms with E-state index in [1.54, 1.807) is 12.1 Å². The van der Waals surface area contributed by atoms with Crippen molar-refractivity contribution < 1.29 is 9.72 Å². The van der Waals surface area contributed by atoms with E-state index in [0.717, 1.165) is 36.5 Å². The molecule has 0 spiro atoms. The average Bonchev–Trinajstić information content (AvgIpc) is 3.14. The van der Waals surface area contributed by atoms with Gasteiger partial charge >= 0.3 is 0 Å². The standard InChI is InChI=1S/C24H20N4O3S/c25-14-21-20-11-12-27(15-18-5-2-1-3-6-18)16-22(20)32-24(21)26-23(29)10-9-17-7-4-8-19(13-17)28(30)31/h1-10,13H,11-12,15-16H2,(H,26,29). The van der Waals surface area contributed by atoms with Gasteiger partial charge in [0.2, 0.25) is 5.91 Å². The molecule has 1 amide bonds. The number of anilines is 1. The summed E-state index contributed by atoms with van der Waals surface area (Å²) in [4.78, 5) is 26.3. The summed E-state index contributed by atoms with van der Waals surface area (Å²) in [5.41, 5.74) is 3.30. The van der Waals surface area contributed by atoms with Crippen molar-refractivity contribution in [2.24, 2.45) is 0 Å². The second-order valence-electron chi connectivity index (χ2n) is 7.44. The molecule has 0 bridgehead atoms. The molecule has 160 valence electrons. The molecule has 1 N–H and O–H groups in total. The number of benzene rings is 2. The topological polar surface area (TPSA) is 99.3 Å². The van der Waals surface area contributed by atoms with Crippen LogP contribution < -0.4 is 5.32 Å². The van der Waals surface area contributed by atoms with E-state index in [1.807, 2.05) is 18.2 Å². The molecule has 8 heteroatoms. The van der Waals surface area contributed by atoms with Gasteiger partial charge in [-0.3, -0.25) is 19.8 Å². The van der Waals surface area contributed by atoms with Crippen LogP contribution in [0.2, 0.25) is 0 Å². The summed E-state index contributed by atoms with van der Waals surface area (Å²) in [5.74, 6) is -0.382. The van der Waals surface area contributed by atoms with Gasteiger partial charge in [0.25, 0.3) is 5.69 Å². The van der Waals surface area contributed by atoms with E-state index >= 15 is 0 Å². The van der Waals surface area contributed by atoms with E-state index in [9.17, 15) is 20.2 Å². The van der Waals surface area contributed by atoms with Gasteiger partial charge in [-0.25, -0.2) is 0 Å². The lowest BCUT2D eigenvalue weighted by atomic mass is 10.0. The van der Waals surface area contributed by atoms with Crippen molar-refractivity contribution in [3.8, 4) is 6.07 Å². The maximum Gasteiger partial charge on any atom is 0.270 e. The largest absolute Gasteiger partial charge is 0.313 e. The predicted octanol–water partition coefficient (Wildman–Crippen LogP) is 4.74. The first kappa shape index (κ1) is 21.4. The van der Waals surface area contributed by atoms with E-state index in [-0.39, 0.29) is 11.6 Å². The number of non-ortho nitro benzene ring substituents is 1. The minimum absolute atomic E-state index is 0.0367. The zero-order chi connectivity index (χ0) is 22.5. The van der Waals surface area contributed by atoms with E-state index in [2.05, 4.69) is 28.4 Å². The lowest BCUT2D eigenvalue weighted by Gasteiger charge is -2.26. The van der Waals surface area contributed by atoms with Crippen LogP contribution in [0.4, 0.5) is 10.7 Å². The number of amides is 1. The molecule has 2 aromatic carbocycles. The van der Waals surface area contributed by atoms with Gasteiger partial charge in [0, 0.05) is 42.7 Å². The summed E-state index contributed by atoms with van der Waals surface area (Å²) in [6.45, 7) is 2.43. The van der Waals surface area contributed by atoms with Gasteiger partial charge in [-0.2, -0.15) is 5.26 Å². The van der Waals surface area contributed by atoms with Crippen LogP contribution in [-0.4, -0.2) is 22.3 Å². The Morgan fingerprint density at radius 1 is 1.25 bits per heavy atom. The van der Waals surface area contributed by atoms with Crippen LogP contribution in [0.15, 0.2) is 60.7 Å². The molecule has 1 aliphatic heterocycles. The lowest BCUT2D eigenvalue weighted by Crippen LogP contribution is -2.29. The van der Waals surface area contributed by atoms with Crippen LogP contribution in [0.5, 0.6) is 0 Å². The highest BCUT2D eigenvalue weighted by Gasteiger charge is 2.25. The highest BCUT2D eigenvalue weighted by molar-refractivity contribution is 7.16. The number of nitro groups is 1. The Hall–Kier alpha value is -3.80. The maximum atomic E-state index is 12.4. The van der Waals surface area contributed by atoms with Crippen LogP contribution >= 0.6 is 11.3 Å². The van der Waals surface area contributed by atoms with Gasteiger partial charge in [0.1, 0.15) is 11.1 Å². The monoisotopic (exact) mass is 444 g/mol. The number of rotatable bonds is 6. The Balaban J connectivity index is 1.46. The number of nitrogens with one attached hydrogen (secondary N) is 1. The molecule has 0 atom stereocenters. The molecule has 0 aliphatic carbocycles. The number of fused-ring (bicyclic) bond motifs is 1. The summed E-state index contributed by atoms with van der Waals surface area (Å²) in [7, 11) is 0. The molecule has 4 rings (SSSR count). The number of nitrogens with zero attached hydrogens (tertiary/aromatic N) is 3. The molecule has 0 unspecified atom stereocenters. The summed E-state index contributed by atoms with van der Waals surface area (Å²) < 4.78 is 0. The first-order chi connectivity index (χ1) is 15.5. The molecule has 2 heterocycles. The third-order valence-corrected chi connectivity index (χ3v) is 6.37. The first-order valence-corrected chi connectivity index (χ1v) is 10.9. The van der Waals surface area contributed by atoms with Crippen LogP contribution in [-0.2, 0) is 24.3 Å². The number of hydrogen-bond acceptors (Lipinski definition) is 6. The van der Waals surface area contributed by atoms with Crippen LogP contribution in [0.3, 0.4) is 0 Å². The quantitative estimate of drug-likeness (QED) is 0.336. The van der Waals surface area contributed by atoms with Crippen LogP contribution in [0, 0.1) is 21.4 Å². The van der Waals surface area contributed by atoms with Crippen molar-refractivity contribution in [3.05, 3.63) is 97.9 Å². The Morgan fingerprint density at radius 3 is 2.81 bits per heavy atom. The van der Waals surface area contributed by atoms with Crippen molar-refractivity contribution in [3.63, 3.8) is 0 Å². The third kappa shape index (κ3) is 4.91. The van der Waals surface area contributed by atoms with Crippen LogP contribution in [0.25, 0.3) is 6.08 Å². The zero-order valence-corrected chi connectivity index (χ0v) is 18.0. The second-order valence-corrected chi connectivity index (χ2v) is 8.55. The smallest absolute Gasteiger partial charge is 0.270 e. The fraction of sp³-hybridized carbons (Fsp3) is 0.167. The van der Waals surface area contributed by atoms with Gasteiger partial charge in [-0.1, -0.05) is 42.5 Å². The fourth-order valence-corrected chi connectivity index (χ4v) is 4.95. The third-order valence-electron chi connectivity index (χ3n) is 5.24. The molecule has 1 aromatic heterocycles. The van der Waals surface area contributed by atoms with Gasteiger partial charge in [-0.15, -0.1) is 11.3 Å². The number of carbonyl (C=O) groups is 1. The average molecular weight is 445 g/mol. The number of hydrogen-bond donors (Lipinski definition) is 1. The van der Waals surface area contributed by atoms with Crippen molar-refractivity contribution in [1.29, 1.82) is 5.26 Å². The van der Waals surface area contributed by atoms with Crippen LogP contribution in [0.1, 0.15) is 27.1 Å². The molecule has 3 aromatic rings. The molecule has 7 nitrogen and oxygen atoms in total. The molecular formula is C24H20N4O3S. The normalized spacial score (nSPS) is 13.5. The SMILES string of the molecule is N#Cc1c(NC(=O)C=Cc2cccc([N+](=O)[O-])c2)sc2c1CCN(Cc1ccccc1)C2.